The average Bonchev–Trinajstić information content (AvgIpc) is 0. The van der Waals surface area contributed by atoms with Gasteiger partial charge in [-0.1, -0.05) is 0 Å². The van der Waals surface area contributed by atoms with Crippen LogP contribution in [0.15, 0.2) is 0 Å². The van der Waals surface area contributed by atoms with Gasteiger partial charge in [0.25, 0.3) is 0 Å². The molecule has 0 unspecified atom stereocenters. The van der Waals surface area contributed by atoms with Gasteiger partial charge >= 0.3 is 123 Å². The Bertz CT molecular complexity index is 11.0. The molecular formula is H4K2O6Os. The molecule has 0 atom stereocenters. The van der Waals surface area contributed by atoms with Gasteiger partial charge in [0.05, 0.1) is 0 Å². The smallest absolute Gasteiger partial charge is 2.00 e. The molecule has 0 spiro atoms. The summed E-state index contributed by atoms with van der Waals surface area (Å²) in [6.45, 7) is 0. The molecule has 50 valence electrons. The van der Waals surface area contributed by atoms with E-state index in [1.807, 2.05) is 0 Å². The van der Waals surface area contributed by atoms with Gasteiger partial charge in [-0.2, -0.15) is 0 Å². The van der Waals surface area contributed by atoms with E-state index in [2.05, 4.69) is 0 Å². The van der Waals surface area contributed by atoms with Gasteiger partial charge in [-0.15, -0.1) is 0 Å². The largest absolute Gasteiger partial charge is 6.00 e. The molecule has 0 rings (SSSR count). The second-order valence-electron chi connectivity index (χ2n) is 0. The quantitative estimate of drug-likeness (QED) is 0.386. The maximum absolute atomic E-state index is 0. The van der Waals surface area contributed by atoms with Gasteiger partial charge in [0, 0.05) is 0 Å². The Kier molecular flexibility index (Phi) is 1400. The van der Waals surface area contributed by atoms with E-state index in [9.17, 15) is 0 Å². The van der Waals surface area contributed by atoms with Crippen LogP contribution < -0.4 is 103 Å². The van der Waals surface area contributed by atoms with Crippen LogP contribution in [0.25, 0.3) is 0 Å². The average molecular weight is 368 g/mol. The zero-order valence-corrected chi connectivity index (χ0v) is 13.7. The Labute approximate surface area is 151 Å². The van der Waals surface area contributed by atoms with Crippen molar-refractivity contribution in [1.82, 2.24) is 0 Å². The van der Waals surface area contributed by atoms with Crippen molar-refractivity contribution in [3.05, 3.63) is 0 Å². The van der Waals surface area contributed by atoms with E-state index in [0.717, 1.165) is 0 Å². The molecule has 0 aromatic heterocycles. The minimum absolute atomic E-state index is 0. The first-order valence-electron chi connectivity index (χ1n) is 0. The van der Waals surface area contributed by atoms with Crippen molar-refractivity contribution in [3.8, 4) is 0 Å². The summed E-state index contributed by atoms with van der Waals surface area (Å²) in [5, 5.41) is 0. The Morgan fingerprint density at radius 3 is 0.444 bits per heavy atom. The summed E-state index contributed by atoms with van der Waals surface area (Å²) < 4.78 is 0. The molecule has 0 aromatic rings. The monoisotopic (exact) mass is 370 g/mol. The molecule has 0 saturated carbocycles. The number of hydrogen-bond acceptors (Lipinski definition) is 4. The van der Waals surface area contributed by atoms with Gasteiger partial charge in [0.1, 0.15) is 0 Å². The van der Waals surface area contributed by atoms with Crippen molar-refractivity contribution in [1.29, 1.82) is 0 Å². The Hall–Kier alpha value is 3.67. The molecule has 0 saturated heterocycles. The van der Waals surface area contributed by atoms with Crippen molar-refractivity contribution in [2.24, 2.45) is 0 Å². The SMILES string of the molecule is [K+].[K+].[O-2].[O-2].[OH-].[OH-].[OH-].[OH-].[Os+6]. The molecule has 4 N–H and O–H groups in total. The van der Waals surface area contributed by atoms with Gasteiger partial charge in [-0.3, -0.25) is 0 Å². The third-order valence-corrected chi connectivity index (χ3v) is 0. The van der Waals surface area contributed by atoms with E-state index in [0.29, 0.717) is 0 Å². The summed E-state index contributed by atoms with van der Waals surface area (Å²) in [5.41, 5.74) is 0. The summed E-state index contributed by atoms with van der Waals surface area (Å²) >= 11 is 0. The van der Waals surface area contributed by atoms with E-state index in [1.165, 1.54) is 0 Å². The van der Waals surface area contributed by atoms with Crippen molar-refractivity contribution in [2.75, 3.05) is 0 Å². The zero-order chi connectivity index (χ0) is 0. The van der Waals surface area contributed by atoms with Crippen molar-refractivity contribution in [2.45, 2.75) is 0 Å². The molecule has 0 heterocycles. The molecule has 0 aliphatic rings. The first kappa shape index (κ1) is 128. The molecule has 0 aliphatic carbocycles. The van der Waals surface area contributed by atoms with Crippen LogP contribution in [-0.2, 0) is 30.7 Å². The standard InChI is InChI=1S/2K.4H2O.2O.Os/h;;4*1H2;;;/q2*+1;;;;;2*-2;+6/p-4. The molecule has 9 heteroatoms. The van der Waals surface area contributed by atoms with E-state index in [-0.39, 0.29) is 155 Å². The fourth-order valence-corrected chi connectivity index (χ4v) is 0. The van der Waals surface area contributed by atoms with Crippen LogP contribution in [-0.4, -0.2) is 21.9 Å². The summed E-state index contributed by atoms with van der Waals surface area (Å²) in [7, 11) is 0. The van der Waals surface area contributed by atoms with Crippen molar-refractivity contribution in [3.63, 3.8) is 0 Å². The second kappa shape index (κ2) is 98.7. The van der Waals surface area contributed by atoms with Crippen molar-refractivity contribution < 1.29 is 155 Å². The fraction of sp³-hybridized carbons (Fsp3) is 0. The predicted molar refractivity (Wildman–Crippen MR) is 9.12 cm³/mol. The van der Waals surface area contributed by atoms with Crippen LogP contribution in [0.5, 0.6) is 0 Å². The molecular weight excluding hydrogens is 364 g/mol. The summed E-state index contributed by atoms with van der Waals surface area (Å²) in [6, 6.07) is 0. The van der Waals surface area contributed by atoms with Gasteiger partial charge in [0.2, 0.25) is 0 Å². The second-order valence-corrected chi connectivity index (χ2v) is 0. The minimum Gasteiger partial charge on any atom is -2.00 e. The third kappa shape index (κ3) is 81.0. The van der Waals surface area contributed by atoms with E-state index >= 15 is 0 Å². The summed E-state index contributed by atoms with van der Waals surface area (Å²) in [4.78, 5) is 0. The maximum Gasteiger partial charge on any atom is 6.00 e. The van der Waals surface area contributed by atoms with Crippen LogP contribution in [0, 0.1) is 0 Å². The minimum atomic E-state index is 0. The van der Waals surface area contributed by atoms with Crippen LogP contribution in [0.2, 0.25) is 0 Å². The molecule has 0 aliphatic heterocycles. The van der Waals surface area contributed by atoms with Gasteiger partial charge in [0.15, 0.2) is 0 Å². The first-order valence-corrected chi connectivity index (χ1v) is 0. The number of rotatable bonds is 0. The molecule has 6 nitrogen and oxygen atoms in total. The zero-order valence-electron chi connectivity index (χ0n) is 4.96. The predicted octanol–water partition coefficient (Wildman–Crippen LogP) is -6.94. The van der Waals surface area contributed by atoms with Crippen LogP contribution in [0.1, 0.15) is 0 Å². The van der Waals surface area contributed by atoms with E-state index < -0.39 is 0 Å². The van der Waals surface area contributed by atoms with Crippen LogP contribution in [0.4, 0.5) is 0 Å². The molecule has 0 fully saturated rings. The van der Waals surface area contributed by atoms with Crippen LogP contribution >= 0.6 is 0 Å². The Morgan fingerprint density at radius 1 is 0.444 bits per heavy atom. The van der Waals surface area contributed by atoms with Gasteiger partial charge in [-0.05, 0) is 0 Å². The summed E-state index contributed by atoms with van der Waals surface area (Å²) in [5.74, 6) is 0. The molecule has 0 bridgehead atoms. The summed E-state index contributed by atoms with van der Waals surface area (Å²) in [6.07, 6.45) is 0. The van der Waals surface area contributed by atoms with Gasteiger partial charge in [-0.25, -0.2) is 0 Å². The first-order chi connectivity index (χ1) is 0. The normalized spacial score (nSPS) is 0. The molecule has 0 radical (unpaired) electrons. The fourth-order valence-electron chi connectivity index (χ4n) is 0. The number of hydrogen-bond donors (Lipinski definition) is 0. The third-order valence-electron chi connectivity index (χ3n) is 0. The maximum atomic E-state index is 0. The van der Waals surface area contributed by atoms with Crippen molar-refractivity contribution >= 4 is 0 Å². The molecule has 9 heavy (non-hydrogen) atoms. The van der Waals surface area contributed by atoms with E-state index in [1.54, 1.807) is 0 Å². The molecule has 0 aromatic carbocycles. The molecule has 0 amide bonds. The van der Waals surface area contributed by atoms with E-state index in [4.69, 9.17) is 0 Å². The topological polar surface area (TPSA) is 177 Å². The Morgan fingerprint density at radius 2 is 0.444 bits per heavy atom. The van der Waals surface area contributed by atoms with Gasteiger partial charge < -0.3 is 32.9 Å². The van der Waals surface area contributed by atoms with Crippen LogP contribution in [0.3, 0.4) is 0 Å². The Balaban J connectivity index is 0.